The number of aromatic nitrogens is 1. The number of nitrogens with zero attached hydrogens (tertiary/aromatic N) is 1. The maximum absolute atomic E-state index is 12.7. The zero-order valence-electron chi connectivity index (χ0n) is 17.2. The summed E-state index contributed by atoms with van der Waals surface area (Å²) in [6.07, 6.45) is 4.13. The van der Waals surface area contributed by atoms with Crippen LogP contribution in [0, 0.1) is 5.92 Å². The van der Waals surface area contributed by atoms with Crippen LogP contribution in [0.3, 0.4) is 0 Å². The predicted molar refractivity (Wildman–Crippen MR) is 112 cm³/mol. The van der Waals surface area contributed by atoms with E-state index >= 15 is 0 Å². The van der Waals surface area contributed by atoms with Crippen LogP contribution < -0.4 is 15.4 Å². The van der Waals surface area contributed by atoms with E-state index in [9.17, 15) is 13.6 Å². The van der Waals surface area contributed by atoms with E-state index in [-0.39, 0.29) is 30.0 Å². The van der Waals surface area contributed by atoms with Crippen LogP contribution in [-0.2, 0) is 4.79 Å². The zero-order valence-corrected chi connectivity index (χ0v) is 17.2. The van der Waals surface area contributed by atoms with Gasteiger partial charge in [-0.2, -0.15) is 0 Å². The first-order valence-electron chi connectivity index (χ1n) is 10.8. The van der Waals surface area contributed by atoms with Crippen molar-refractivity contribution in [3.8, 4) is 5.75 Å². The SMILES string of the molecule is CC(NC1CCC(NC(=O)C2CC(Oc3cccc4cccnc34)C2)CC1)C(F)F. The Labute approximate surface area is 175 Å². The maximum atomic E-state index is 12.7. The molecule has 2 aliphatic carbocycles. The highest BCUT2D eigenvalue weighted by Crippen LogP contribution is 2.34. The normalized spacial score (nSPS) is 27.5. The number of halogens is 2. The summed E-state index contributed by atoms with van der Waals surface area (Å²) >= 11 is 0. The minimum absolute atomic E-state index is 0.0207. The molecule has 2 aliphatic rings. The van der Waals surface area contributed by atoms with Crippen molar-refractivity contribution in [3.63, 3.8) is 0 Å². The smallest absolute Gasteiger partial charge is 0.253 e. The van der Waals surface area contributed by atoms with Crippen molar-refractivity contribution in [2.24, 2.45) is 5.92 Å². The van der Waals surface area contributed by atoms with Crippen molar-refractivity contribution >= 4 is 16.8 Å². The molecule has 30 heavy (non-hydrogen) atoms. The van der Waals surface area contributed by atoms with Crippen LogP contribution in [-0.4, -0.2) is 41.5 Å². The molecular formula is C23H29F2N3O2. The van der Waals surface area contributed by atoms with Gasteiger partial charge in [-0.15, -0.1) is 0 Å². The third-order valence-corrected chi connectivity index (χ3v) is 6.31. The molecule has 2 N–H and O–H groups in total. The molecule has 0 bridgehead atoms. The van der Waals surface area contributed by atoms with Gasteiger partial charge in [0.1, 0.15) is 17.4 Å². The number of rotatable bonds is 7. The Bertz CT molecular complexity index is 859. The molecule has 5 nitrogen and oxygen atoms in total. The molecule has 0 aliphatic heterocycles. The number of benzene rings is 1. The van der Waals surface area contributed by atoms with Gasteiger partial charge in [-0.1, -0.05) is 18.2 Å². The molecular weight excluding hydrogens is 388 g/mol. The minimum Gasteiger partial charge on any atom is -0.488 e. The second kappa shape index (κ2) is 9.25. The number of carbonyl (C=O) groups excluding carboxylic acids is 1. The molecule has 1 aromatic carbocycles. The molecule has 1 heterocycles. The Morgan fingerprint density at radius 1 is 1.10 bits per heavy atom. The van der Waals surface area contributed by atoms with E-state index in [0.29, 0.717) is 12.8 Å². The van der Waals surface area contributed by atoms with Gasteiger partial charge in [0, 0.05) is 29.6 Å². The van der Waals surface area contributed by atoms with Gasteiger partial charge in [-0.05, 0) is 57.6 Å². The fraction of sp³-hybridized carbons (Fsp3) is 0.565. The highest BCUT2D eigenvalue weighted by Gasteiger charge is 2.37. The summed E-state index contributed by atoms with van der Waals surface area (Å²) in [5.74, 6) is 0.830. The van der Waals surface area contributed by atoms with Crippen molar-refractivity contribution in [1.82, 2.24) is 15.6 Å². The molecule has 4 rings (SSSR count). The Balaban J connectivity index is 1.20. The third-order valence-electron chi connectivity index (χ3n) is 6.31. The molecule has 0 saturated heterocycles. The first-order chi connectivity index (χ1) is 14.5. The first kappa shape index (κ1) is 21.0. The molecule has 0 radical (unpaired) electrons. The topological polar surface area (TPSA) is 63.2 Å². The van der Waals surface area contributed by atoms with Gasteiger partial charge >= 0.3 is 0 Å². The molecule has 162 valence electrons. The van der Waals surface area contributed by atoms with Crippen LogP contribution in [0.15, 0.2) is 36.5 Å². The van der Waals surface area contributed by atoms with E-state index in [4.69, 9.17) is 4.74 Å². The number of hydrogen-bond donors (Lipinski definition) is 2. The molecule has 7 heteroatoms. The molecule has 1 amide bonds. The lowest BCUT2D eigenvalue weighted by Gasteiger charge is -2.37. The first-order valence-corrected chi connectivity index (χ1v) is 10.8. The summed E-state index contributed by atoms with van der Waals surface area (Å²) in [5.41, 5.74) is 0.847. The second-order valence-corrected chi connectivity index (χ2v) is 8.59. The average molecular weight is 418 g/mol. The highest BCUT2D eigenvalue weighted by atomic mass is 19.3. The van der Waals surface area contributed by atoms with E-state index in [1.54, 1.807) is 6.20 Å². The summed E-state index contributed by atoms with van der Waals surface area (Å²) in [4.78, 5) is 17.0. The number of nitrogens with one attached hydrogen (secondary N) is 2. The van der Waals surface area contributed by atoms with E-state index in [1.165, 1.54) is 6.92 Å². The number of pyridine rings is 1. The lowest BCUT2D eigenvalue weighted by molar-refractivity contribution is -0.131. The number of carbonyl (C=O) groups is 1. The lowest BCUT2D eigenvalue weighted by Crippen LogP contribution is -2.49. The Kier molecular flexibility index (Phi) is 6.46. The minimum atomic E-state index is -2.35. The molecule has 2 saturated carbocycles. The summed E-state index contributed by atoms with van der Waals surface area (Å²) < 4.78 is 31.5. The summed E-state index contributed by atoms with van der Waals surface area (Å²) in [6.45, 7) is 1.52. The zero-order chi connectivity index (χ0) is 21.1. The van der Waals surface area contributed by atoms with Crippen LogP contribution in [0.2, 0.25) is 0 Å². The van der Waals surface area contributed by atoms with Gasteiger partial charge in [-0.3, -0.25) is 9.78 Å². The number of amides is 1. The number of fused-ring (bicyclic) bond motifs is 1. The third kappa shape index (κ3) is 4.89. The molecule has 1 atom stereocenters. The molecule has 1 unspecified atom stereocenters. The predicted octanol–water partition coefficient (Wildman–Crippen LogP) is 4.06. The number of para-hydroxylation sites is 1. The van der Waals surface area contributed by atoms with Crippen molar-refractivity contribution < 1.29 is 18.3 Å². The van der Waals surface area contributed by atoms with Crippen LogP contribution in [0.5, 0.6) is 5.75 Å². The number of alkyl halides is 2. The lowest BCUT2D eigenvalue weighted by atomic mass is 9.81. The van der Waals surface area contributed by atoms with Gasteiger partial charge in [0.05, 0.1) is 6.04 Å². The quantitative estimate of drug-likeness (QED) is 0.713. The van der Waals surface area contributed by atoms with Crippen molar-refractivity contribution in [2.75, 3.05) is 0 Å². The summed E-state index contributed by atoms with van der Waals surface area (Å²) in [6, 6.07) is 9.25. The van der Waals surface area contributed by atoms with Gasteiger partial charge < -0.3 is 15.4 Å². The number of hydrogen-bond acceptors (Lipinski definition) is 4. The van der Waals surface area contributed by atoms with Crippen LogP contribution in [0.1, 0.15) is 45.4 Å². The van der Waals surface area contributed by atoms with Gasteiger partial charge in [0.25, 0.3) is 6.43 Å². The Hall–Kier alpha value is -2.28. The fourth-order valence-electron chi connectivity index (χ4n) is 4.39. The highest BCUT2D eigenvalue weighted by molar-refractivity contribution is 5.84. The Morgan fingerprint density at radius 2 is 1.80 bits per heavy atom. The van der Waals surface area contributed by atoms with E-state index in [0.717, 1.165) is 42.3 Å². The van der Waals surface area contributed by atoms with Crippen molar-refractivity contribution in [3.05, 3.63) is 36.5 Å². The molecule has 2 aromatic rings. The van der Waals surface area contributed by atoms with Crippen LogP contribution >= 0.6 is 0 Å². The van der Waals surface area contributed by atoms with Gasteiger partial charge in [-0.25, -0.2) is 8.78 Å². The fourth-order valence-corrected chi connectivity index (χ4v) is 4.39. The maximum Gasteiger partial charge on any atom is 0.253 e. The second-order valence-electron chi connectivity index (χ2n) is 8.59. The largest absolute Gasteiger partial charge is 0.488 e. The monoisotopic (exact) mass is 417 g/mol. The van der Waals surface area contributed by atoms with Crippen molar-refractivity contribution in [2.45, 2.75) is 76.1 Å². The molecule has 2 fully saturated rings. The average Bonchev–Trinajstić information content (AvgIpc) is 2.71. The van der Waals surface area contributed by atoms with E-state index < -0.39 is 12.5 Å². The summed E-state index contributed by atoms with van der Waals surface area (Å²) in [7, 11) is 0. The number of ether oxygens (including phenoxy) is 1. The molecule has 0 spiro atoms. The van der Waals surface area contributed by atoms with E-state index in [1.807, 2.05) is 30.3 Å². The standard InChI is InChI=1S/C23H29F2N3O2/c1-14(22(24)25)27-17-7-9-18(10-8-17)28-23(29)16-12-19(13-16)30-20-6-2-4-15-5-3-11-26-21(15)20/h2-6,11,14,16-19,22,27H,7-10,12-13H2,1H3,(H,28,29). The van der Waals surface area contributed by atoms with Gasteiger partial charge in [0.2, 0.25) is 5.91 Å². The van der Waals surface area contributed by atoms with Crippen molar-refractivity contribution in [1.29, 1.82) is 0 Å². The van der Waals surface area contributed by atoms with Gasteiger partial charge in [0.15, 0.2) is 0 Å². The van der Waals surface area contributed by atoms with E-state index in [2.05, 4.69) is 15.6 Å². The Morgan fingerprint density at radius 3 is 2.53 bits per heavy atom. The summed E-state index contributed by atoms with van der Waals surface area (Å²) in [5, 5.41) is 7.18. The molecule has 1 aromatic heterocycles. The van der Waals surface area contributed by atoms with Crippen LogP contribution in [0.4, 0.5) is 8.78 Å². The van der Waals surface area contributed by atoms with Crippen LogP contribution in [0.25, 0.3) is 10.9 Å².